The van der Waals surface area contributed by atoms with E-state index in [4.69, 9.17) is 5.73 Å². The van der Waals surface area contributed by atoms with Crippen LogP contribution in [-0.4, -0.2) is 12.5 Å². The zero-order valence-corrected chi connectivity index (χ0v) is 12.1. The molecule has 0 aliphatic heterocycles. The highest BCUT2D eigenvalue weighted by molar-refractivity contribution is 7.08. The number of benzene rings is 1. The second kappa shape index (κ2) is 6.90. The minimum Gasteiger partial charge on any atom is -0.326 e. The maximum atomic E-state index is 11.9. The lowest BCUT2D eigenvalue weighted by Gasteiger charge is -2.08. The summed E-state index contributed by atoms with van der Waals surface area (Å²) in [5.74, 6) is 5.78. The van der Waals surface area contributed by atoms with Crippen LogP contribution in [0.5, 0.6) is 0 Å². The minimum atomic E-state index is -0.00714. The van der Waals surface area contributed by atoms with Crippen molar-refractivity contribution in [3.63, 3.8) is 0 Å². The number of hydrogen-bond acceptors (Lipinski definition) is 3. The molecule has 0 saturated carbocycles. The largest absolute Gasteiger partial charge is 0.326 e. The van der Waals surface area contributed by atoms with Crippen LogP contribution in [0.3, 0.4) is 0 Å². The van der Waals surface area contributed by atoms with Crippen molar-refractivity contribution in [2.45, 2.75) is 13.3 Å². The van der Waals surface area contributed by atoms with E-state index in [0.717, 1.165) is 22.4 Å². The van der Waals surface area contributed by atoms with Crippen LogP contribution in [0.15, 0.2) is 35.0 Å². The topological polar surface area (TPSA) is 55.1 Å². The quantitative estimate of drug-likeness (QED) is 0.851. The van der Waals surface area contributed by atoms with Gasteiger partial charge >= 0.3 is 0 Å². The smallest absolute Gasteiger partial charge is 0.228 e. The highest BCUT2D eigenvalue weighted by Crippen LogP contribution is 2.17. The van der Waals surface area contributed by atoms with E-state index in [9.17, 15) is 4.79 Å². The van der Waals surface area contributed by atoms with Gasteiger partial charge in [-0.15, -0.1) is 0 Å². The van der Waals surface area contributed by atoms with Crippen molar-refractivity contribution >= 4 is 22.9 Å². The van der Waals surface area contributed by atoms with Gasteiger partial charge in [-0.2, -0.15) is 11.3 Å². The van der Waals surface area contributed by atoms with Gasteiger partial charge in [0.15, 0.2) is 0 Å². The first-order valence-electron chi connectivity index (χ1n) is 6.29. The molecule has 20 heavy (non-hydrogen) atoms. The fourth-order valence-corrected chi connectivity index (χ4v) is 2.48. The molecule has 0 aliphatic rings. The van der Waals surface area contributed by atoms with Gasteiger partial charge in [0.05, 0.1) is 13.0 Å². The summed E-state index contributed by atoms with van der Waals surface area (Å²) in [6.45, 7) is 2.30. The van der Waals surface area contributed by atoms with E-state index in [-0.39, 0.29) is 5.91 Å². The second-order valence-electron chi connectivity index (χ2n) is 4.39. The van der Waals surface area contributed by atoms with Crippen LogP contribution in [0.2, 0.25) is 0 Å². The summed E-state index contributed by atoms with van der Waals surface area (Å²) in [5, 5.41) is 6.88. The molecule has 0 spiro atoms. The van der Waals surface area contributed by atoms with Crippen LogP contribution < -0.4 is 11.1 Å². The summed E-state index contributed by atoms with van der Waals surface area (Å²) >= 11 is 1.60. The number of nitrogens with one attached hydrogen (secondary N) is 1. The standard InChI is InChI=1S/C16H16N2OS/c1-12-9-13(3-2-7-17)4-5-15(12)18-16(19)10-14-6-8-20-11-14/h4-6,8-9,11H,7,10,17H2,1H3,(H,18,19). The molecular formula is C16H16N2OS. The average molecular weight is 284 g/mol. The number of aryl methyl sites for hydroxylation is 1. The molecule has 0 saturated heterocycles. The van der Waals surface area contributed by atoms with E-state index in [0.29, 0.717) is 13.0 Å². The third-order valence-electron chi connectivity index (χ3n) is 2.78. The van der Waals surface area contributed by atoms with Gasteiger partial charge in [0.1, 0.15) is 0 Å². The number of carbonyl (C=O) groups is 1. The monoisotopic (exact) mass is 284 g/mol. The Hall–Kier alpha value is -2.09. The molecule has 3 N–H and O–H groups in total. The fraction of sp³-hybridized carbons (Fsp3) is 0.188. The van der Waals surface area contributed by atoms with Crippen LogP contribution in [-0.2, 0) is 11.2 Å². The van der Waals surface area contributed by atoms with Crippen molar-refractivity contribution in [1.82, 2.24) is 0 Å². The third kappa shape index (κ3) is 3.95. The Labute approximate surface area is 122 Å². The van der Waals surface area contributed by atoms with Gasteiger partial charge in [-0.05, 0) is 53.1 Å². The zero-order valence-electron chi connectivity index (χ0n) is 11.3. The van der Waals surface area contributed by atoms with Crippen LogP contribution in [0.25, 0.3) is 0 Å². The molecule has 1 aromatic carbocycles. The van der Waals surface area contributed by atoms with E-state index in [1.807, 2.05) is 41.9 Å². The Morgan fingerprint density at radius 1 is 1.40 bits per heavy atom. The Morgan fingerprint density at radius 2 is 2.25 bits per heavy atom. The van der Waals surface area contributed by atoms with Crippen molar-refractivity contribution in [2.24, 2.45) is 5.73 Å². The van der Waals surface area contributed by atoms with E-state index in [1.165, 1.54) is 0 Å². The van der Waals surface area contributed by atoms with Gasteiger partial charge in [-0.3, -0.25) is 4.79 Å². The number of thiophene rings is 1. The zero-order chi connectivity index (χ0) is 14.4. The summed E-state index contributed by atoms with van der Waals surface area (Å²) < 4.78 is 0. The van der Waals surface area contributed by atoms with E-state index < -0.39 is 0 Å². The normalized spacial score (nSPS) is 9.70. The molecule has 3 nitrogen and oxygen atoms in total. The Balaban J connectivity index is 2.04. The van der Waals surface area contributed by atoms with Crippen molar-refractivity contribution in [3.05, 3.63) is 51.7 Å². The van der Waals surface area contributed by atoms with Crippen LogP contribution in [0.1, 0.15) is 16.7 Å². The summed E-state index contributed by atoms with van der Waals surface area (Å²) in [6, 6.07) is 7.67. The summed E-state index contributed by atoms with van der Waals surface area (Å²) in [7, 11) is 0. The molecular weight excluding hydrogens is 268 g/mol. The summed E-state index contributed by atoms with van der Waals surface area (Å²) in [4.78, 5) is 11.9. The Kier molecular flexibility index (Phi) is 4.94. The maximum Gasteiger partial charge on any atom is 0.228 e. The lowest BCUT2D eigenvalue weighted by molar-refractivity contribution is -0.115. The molecule has 0 unspecified atom stereocenters. The number of carbonyl (C=O) groups excluding carboxylic acids is 1. The second-order valence-corrected chi connectivity index (χ2v) is 5.17. The average Bonchev–Trinajstić information content (AvgIpc) is 2.92. The van der Waals surface area contributed by atoms with E-state index in [1.54, 1.807) is 11.3 Å². The number of rotatable bonds is 3. The van der Waals surface area contributed by atoms with Gasteiger partial charge in [-0.1, -0.05) is 11.8 Å². The SMILES string of the molecule is Cc1cc(C#CCN)ccc1NC(=O)Cc1ccsc1. The Bertz CT molecular complexity index is 651. The van der Waals surface area contributed by atoms with Crippen molar-refractivity contribution in [2.75, 3.05) is 11.9 Å². The van der Waals surface area contributed by atoms with Crippen LogP contribution in [0.4, 0.5) is 5.69 Å². The molecule has 2 rings (SSSR count). The highest BCUT2D eigenvalue weighted by Gasteiger charge is 2.06. The summed E-state index contributed by atoms with van der Waals surface area (Å²) in [6.07, 6.45) is 0.400. The number of hydrogen-bond donors (Lipinski definition) is 2. The first-order valence-corrected chi connectivity index (χ1v) is 7.24. The predicted octanol–water partition coefficient (Wildman–Crippen LogP) is 2.55. The molecule has 0 radical (unpaired) electrons. The van der Waals surface area contributed by atoms with Gasteiger partial charge in [-0.25, -0.2) is 0 Å². The van der Waals surface area contributed by atoms with Crippen molar-refractivity contribution in [1.29, 1.82) is 0 Å². The molecule has 102 valence electrons. The van der Waals surface area contributed by atoms with E-state index in [2.05, 4.69) is 17.2 Å². The molecule has 4 heteroatoms. The molecule has 1 aromatic heterocycles. The molecule has 1 heterocycles. The molecule has 0 bridgehead atoms. The lowest BCUT2D eigenvalue weighted by Crippen LogP contribution is -2.14. The molecule has 0 aliphatic carbocycles. The van der Waals surface area contributed by atoms with Gasteiger partial charge in [0, 0.05) is 11.3 Å². The Morgan fingerprint density at radius 3 is 2.90 bits per heavy atom. The van der Waals surface area contributed by atoms with Gasteiger partial charge < -0.3 is 11.1 Å². The number of nitrogens with two attached hydrogens (primary N) is 1. The van der Waals surface area contributed by atoms with Crippen molar-refractivity contribution < 1.29 is 4.79 Å². The number of amides is 1. The first-order chi connectivity index (χ1) is 9.69. The third-order valence-corrected chi connectivity index (χ3v) is 3.51. The fourth-order valence-electron chi connectivity index (χ4n) is 1.81. The van der Waals surface area contributed by atoms with Crippen molar-refractivity contribution in [3.8, 4) is 11.8 Å². The molecule has 0 fully saturated rings. The molecule has 2 aromatic rings. The number of anilines is 1. The molecule has 0 atom stereocenters. The van der Waals surface area contributed by atoms with Gasteiger partial charge in [0.2, 0.25) is 5.91 Å². The minimum absolute atomic E-state index is 0.00714. The van der Waals surface area contributed by atoms with Gasteiger partial charge in [0.25, 0.3) is 0 Å². The highest BCUT2D eigenvalue weighted by atomic mass is 32.1. The van der Waals surface area contributed by atoms with Crippen LogP contribution >= 0.6 is 11.3 Å². The lowest BCUT2D eigenvalue weighted by atomic mass is 10.1. The summed E-state index contributed by atoms with van der Waals surface area (Å²) in [5.41, 5.74) is 9.10. The predicted molar refractivity (Wildman–Crippen MR) is 83.8 cm³/mol. The van der Waals surface area contributed by atoms with E-state index >= 15 is 0 Å². The molecule has 1 amide bonds. The maximum absolute atomic E-state index is 11.9. The first kappa shape index (κ1) is 14.3. The van der Waals surface area contributed by atoms with Crippen LogP contribution in [0, 0.1) is 18.8 Å².